The number of nitrogens with zero attached hydrogens (tertiary/aromatic N) is 1. The summed E-state index contributed by atoms with van der Waals surface area (Å²) in [6.45, 7) is 7.76. The Hall–Kier alpha value is -2.86. The van der Waals surface area contributed by atoms with Gasteiger partial charge in [0.1, 0.15) is 18.4 Å². The monoisotopic (exact) mass is 383 g/mol. The summed E-state index contributed by atoms with van der Waals surface area (Å²) >= 11 is 0. The number of carbonyl (C=O) groups excluding carboxylic acids is 2. The first-order valence-electron chi connectivity index (χ1n) is 9.62. The fraction of sp³-hybridized carbons (Fsp3) is 0.364. The standard InChI is InChI=1S/C22H29N3O3/c1-3-25(4-2)14-15-28-19-12-10-17(11-13-19)16-20(21(23)26)24-22(27)18-8-6-5-7-9-18/h5-13,20H,3-4,14-16H2,1-2H3,(H2,23,26)(H,24,27). The van der Waals surface area contributed by atoms with Gasteiger partial charge >= 0.3 is 0 Å². The van der Waals surface area contributed by atoms with Crippen LogP contribution in [0.15, 0.2) is 54.6 Å². The summed E-state index contributed by atoms with van der Waals surface area (Å²) in [5.74, 6) is -0.107. The zero-order chi connectivity index (χ0) is 20.4. The first-order chi connectivity index (χ1) is 13.5. The third-order valence-electron chi connectivity index (χ3n) is 4.62. The normalized spacial score (nSPS) is 11.8. The molecular weight excluding hydrogens is 354 g/mol. The SMILES string of the molecule is CCN(CC)CCOc1ccc(CC(NC(=O)c2ccccc2)C(N)=O)cc1. The molecule has 0 aliphatic heterocycles. The Morgan fingerprint density at radius 2 is 1.68 bits per heavy atom. The molecule has 150 valence electrons. The molecule has 3 N–H and O–H groups in total. The highest BCUT2D eigenvalue weighted by molar-refractivity contribution is 5.97. The molecule has 6 nitrogen and oxygen atoms in total. The molecule has 28 heavy (non-hydrogen) atoms. The van der Waals surface area contributed by atoms with Gasteiger partial charge in [-0.15, -0.1) is 0 Å². The van der Waals surface area contributed by atoms with Crippen LogP contribution < -0.4 is 15.8 Å². The van der Waals surface area contributed by atoms with Crippen molar-refractivity contribution >= 4 is 11.8 Å². The lowest BCUT2D eigenvalue weighted by Crippen LogP contribution is -2.45. The highest BCUT2D eigenvalue weighted by Crippen LogP contribution is 2.14. The quantitative estimate of drug-likeness (QED) is 0.623. The van der Waals surface area contributed by atoms with E-state index in [0.29, 0.717) is 18.6 Å². The van der Waals surface area contributed by atoms with Crippen LogP contribution in [0.5, 0.6) is 5.75 Å². The first kappa shape index (κ1) is 21.4. The molecule has 0 bridgehead atoms. The summed E-state index contributed by atoms with van der Waals surface area (Å²) in [7, 11) is 0. The summed E-state index contributed by atoms with van der Waals surface area (Å²) in [6.07, 6.45) is 0.327. The van der Waals surface area contributed by atoms with Crippen molar-refractivity contribution in [1.29, 1.82) is 0 Å². The average molecular weight is 383 g/mol. The Kier molecular flexibility index (Phi) is 8.49. The highest BCUT2D eigenvalue weighted by Gasteiger charge is 2.19. The Morgan fingerprint density at radius 1 is 1.04 bits per heavy atom. The molecule has 0 aromatic heterocycles. The zero-order valence-corrected chi connectivity index (χ0v) is 16.6. The Bertz CT molecular complexity index is 743. The summed E-state index contributed by atoms with van der Waals surface area (Å²) in [4.78, 5) is 26.4. The highest BCUT2D eigenvalue weighted by atomic mass is 16.5. The number of rotatable bonds is 11. The Morgan fingerprint density at radius 3 is 2.25 bits per heavy atom. The van der Waals surface area contributed by atoms with Crippen molar-refractivity contribution in [3.05, 3.63) is 65.7 Å². The molecule has 2 amide bonds. The second kappa shape index (κ2) is 11.1. The zero-order valence-electron chi connectivity index (χ0n) is 16.6. The van der Waals surface area contributed by atoms with Gasteiger partial charge in [0.25, 0.3) is 5.91 Å². The number of nitrogens with two attached hydrogens (primary N) is 1. The van der Waals surface area contributed by atoms with Crippen molar-refractivity contribution in [2.45, 2.75) is 26.3 Å². The van der Waals surface area contributed by atoms with Crippen molar-refractivity contribution in [3.8, 4) is 5.75 Å². The topological polar surface area (TPSA) is 84.7 Å². The average Bonchev–Trinajstić information content (AvgIpc) is 2.72. The van der Waals surface area contributed by atoms with Crippen molar-refractivity contribution in [3.63, 3.8) is 0 Å². The van der Waals surface area contributed by atoms with Crippen LogP contribution in [0.3, 0.4) is 0 Å². The number of nitrogens with one attached hydrogen (secondary N) is 1. The molecule has 6 heteroatoms. The molecule has 2 aromatic rings. The molecule has 0 fully saturated rings. The number of benzene rings is 2. The van der Waals surface area contributed by atoms with Crippen LogP contribution in [0.4, 0.5) is 0 Å². The minimum absolute atomic E-state index is 0.319. The lowest BCUT2D eigenvalue weighted by molar-refractivity contribution is -0.119. The van der Waals surface area contributed by atoms with Gasteiger partial charge in [0.2, 0.25) is 5.91 Å². The van der Waals surface area contributed by atoms with E-state index >= 15 is 0 Å². The maximum atomic E-state index is 12.3. The molecule has 0 aliphatic carbocycles. The molecule has 0 heterocycles. The number of ether oxygens (including phenoxy) is 1. The van der Waals surface area contributed by atoms with Crippen molar-refractivity contribution in [1.82, 2.24) is 10.2 Å². The van der Waals surface area contributed by atoms with Gasteiger partial charge in [-0.1, -0.05) is 44.2 Å². The van der Waals surface area contributed by atoms with E-state index in [0.717, 1.165) is 30.9 Å². The van der Waals surface area contributed by atoms with Gasteiger partial charge in [-0.2, -0.15) is 0 Å². The fourth-order valence-electron chi connectivity index (χ4n) is 2.84. The predicted octanol–water partition coefficient (Wildman–Crippen LogP) is 2.23. The van der Waals surface area contributed by atoms with Crippen molar-refractivity contribution in [2.24, 2.45) is 5.73 Å². The molecule has 2 aromatic carbocycles. The smallest absolute Gasteiger partial charge is 0.251 e. The van der Waals surface area contributed by atoms with Crippen LogP contribution in [-0.2, 0) is 11.2 Å². The lowest BCUT2D eigenvalue weighted by Gasteiger charge is -2.18. The van der Waals surface area contributed by atoms with E-state index < -0.39 is 11.9 Å². The van der Waals surface area contributed by atoms with Crippen LogP contribution >= 0.6 is 0 Å². The van der Waals surface area contributed by atoms with Gasteiger partial charge in [-0.25, -0.2) is 0 Å². The van der Waals surface area contributed by atoms with Gasteiger partial charge in [0.15, 0.2) is 0 Å². The minimum atomic E-state index is -0.776. The third kappa shape index (κ3) is 6.70. The first-order valence-corrected chi connectivity index (χ1v) is 9.62. The summed E-state index contributed by atoms with van der Waals surface area (Å²) in [5.41, 5.74) is 6.87. The van der Waals surface area contributed by atoms with E-state index in [1.807, 2.05) is 30.3 Å². The number of amides is 2. The summed E-state index contributed by atoms with van der Waals surface area (Å²) in [5, 5.41) is 2.71. The molecule has 1 unspecified atom stereocenters. The van der Waals surface area contributed by atoms with E-state index in [2.05, 4.69) is 24.1 Å². The van der Waals surface area contributed by atoms with E-state index in [4.69, 9.17) is 10.5 Å². The maximum Gasteiger partial charge on any atom is 0.251 e. The van der Waals surface area contributed by atoms with Crippen LogP contribution in [0.25, 0.3) is 0 Å². The summed E-state index contributed by atoms with van der Waals surface area (Å²) < 4.78 is 5.77. The van der Waals surface area contributed by atoms with E-state index in [1.54, 1.807) is 24.3 Å². The largest absolute Gasteiger partial charge is 0.492 e. The van der Waals surface area contributed by atoms with E-state index in [1.165, 1.54) is 0 Å². The number of likely N-dealkylation sites (N-methyl/N-ethyl adjacent to an activating group) is 1. The second-order valence-corrected chi connectivity index (χ2v) is 6.52. The Balaban J connectivity index is 1.90. The minimum Gasteiger partial charge on any atom is -0.492 e. The van der Waals surface area contributed by atoms with Crippen molar-refractivity contribution < 1.29 is 14.3 Å². The van der Waals surface area contributed by atoms with Gasteiger partial charge in [0.05, 0.1) is 0 Å². The van der Waals surface area contributed by atoms with Crippen molar-refractivity contribution in [2.75, 3.05) is 26.2 Å². The van der Waals surface area contributed by atoms with Gasteiger partial charge in [-0.3, -0.25) is 9.59 Å². The lowest BCUT2D eigenvalue weighted by atomic mass is 10.0. The fourth-order valence-corrected chi connectivity index (χ4v) is 2.84. The predicted molar refractivity (Wildman–Crippen MR) is 110 cm³/mol. The Labute approximate surface area is 166 Å². The van der Waals surface area contributed by atoms with Crippen LogP contribution in [0, 0.1) is 0 Å². The molecule has 1 atom stereocenters. The number of primary amides is 1. The van der Waals surface area contributed by atoms with Gasteiger partial charge < -0.3 is 20.7 Å². The van der Waals surface area contributed by atoms with Gasteiger partial charge in [0, 0.05) is 18.5 Å². The number of hydrogen-bond donors (Lipinski definition) is 2. The van der Waals surface area contributed by atoms with E-state index in [-0.39, 0.29) is 5.91 Å². The molecular formula is C22H29N3O3. The number of carbonyl (C=O) groups is 2. The molecule has 0 radical (unpaired) electrons. The summed E-state index contributed by atoms with van der Waals surface area (Å²) in [6, 6.07) is 15.5. The molecule has 0 spiro atoms. The third-order valence-corrected chi connectivity index (χ3v) is 4.62. The van der Waals surface area contributed by atoms with Crippen LogP contribution in [-0.4, -0.2) is 49.0 Å². The number of hydrogen-bond acceptors (Lipinski definition) is 4. The van der Waals surface area contributed by atoms with Crippen LogP contribution in [0.1, 0.15) is 29.8 Å². The maximum absolute atomic E-state index is 12.3. The molecule has 2 rings (SSSR count). The van der Waals surface area contributed by atoms with Gasteiger partial charge in [-0.05, 0) is 42.9 Å². The second-order valence-electron chi connectivity index (χ2n) is 6.52. The molecule has 0 saturated heterocycles. The van der Waals surface area contributed by atoms with Crippen LogP contribution in [0.2, 0.25) is 0 Å². The molecule has 0 aliphatic rings. The molecule has 0 saturated carbocycles. The van der Waals surface area contributed by atoms with E-state index in [9.17, 15) is 9.59 Å².